The summed E-state index contributed by atoms with van der Waals surface area (Å²) in [5, 5.41) is 3.64. The summed E-state index contributed by atoms with van der Waals surface area (Å²) in [5.74, 6) is -0.223. The first-order valence-electron chi connectivity index (χ1n) is 9.35. The SMILES string of the molecule is C=CCn1c(C(=O)NCc2ccc(SC)cc2)cc2cc(S(=O)(=O)N(C)C)ccc21. The molecule has 1 heterocycles. The Morgan fingerprint density at radius 2 is 1.87 bits per heavy atom. The second-order valence-electron chi connectivity index (χ2n) is 6.97. The third kappa shape index (κ3) is 4.45. The molecule has 8 heteroatoms. The Balaban J connectivity index is 1.92. The predicted molar refractivity (Wildman–Crippen MR) is 122 cm³/mol. The zero-order valence-corrected chi connectivity index (χ0v) is 18.9. The van der Waals surface area contributed by atoms with Gasteiger partial charge in [-0.25, -0.2) is 12.7 Å². The molecule has 0 spiro atoms. The topological polar surface area (TPSA) is 71.4 Å². The minimum atomic E-state index is -3.55. The van der Waals surface area contributed by atoms with Gasteiger partial charge >= 0.3 is 0 Å². The van der Waals surface area contributed by atoms with Crippen molar-refractivity contribution in [3.8, 4) is 0 Å². The number of fused-ring (bicyclic) bond motifs is 1. The molecule has 0 bridgehead atoms. The molecule has 0 aliphatic carbocycles. The number of allylic oxidation sites excluding steroid dienone is 1. The highest BCUT2D eigenvalue weighted by molar-refractivity contribution is 7.98. The third-order valence-electron chi connectivity index (χ3n) is 4.81. The van der Waals surface area contributed by atoms with Crippen molar-refractivity contribution in [3.63, 3.8) is 0 Å². The number of hydrogen-bond donors (Lipinski definition) is 1. The van der Waals surface area contributed by atoms with Crippen LogP contribution in [0.3, 0.4) is 0 Å². The van der Waals surface area contributed by atoms with Gasteiger partial charge in [-0.2, -0.15) is 0 Å². The molecule has 0 fully saturated rings. The lowest BCUT2D eigenvalue weighted by Crippen LogP contribution is -2.25. The fourth-order valence-electron chi connectivity index (χ4n) is 3.15. The van der Waals surface area contributed by atoms with E-state index in [0.29, 0.717) is 24.2 Å². The number of rotatable bonds is 8. The van der Waals surface area contributed by atoms with Crippen molar-refractivity contribution in [2.24, 2.45) is 0 Å². The molecule has 0 aliphatic rings. The highest BCUT2D eigenvalue weighted by Gasteiger charge is 2.20. The number of amides is 1. The molecule has 0 aliphatic heterocycles. The number of carbonyl (C=O) groups excluding carboxylic acids is 1. The van der Waals surface area contributed by atoms with Crippen LogP contribution in [0.25, 0.3) is 10.9 Å². The van der Waals surface area contributed by atoms with Crippen LogP contribution in [0.2, 0.25) is 0 Å². The quantitative estimate of drug-likeness (QED) is 0.425. The van der Waals surface area contributed by atoms with Crippen LogP contribution in [-0.2, 0) is 23.1 Å². The number of carbonyl (C=O) groups is 1. The molecule has 0 atom stereocenters. The average Bonchev–Trinajstić information content (AvgIpc) is 3.10. The molecule has 0 radical (unpaired) electrons. The molecule has 0 unspecified atom stereocenters. The molecule has 2 aromatic carbocycles. The lowest BCUT2D eigenvalue weighted by Gasteiger charge is -2.12. The Labute approximate surface area is 181 Å². The van der Waals surface area contributed by atoms with Crippen LogP contribution < -0.4 is 5.32 Å². The predicted octanol–water partition coefficient (Wildman–Crippen LogP) is 3.73. The second-order valence-corrected chi connectivity index (χ2v) is 10.00. The molecular weight excluding hydrogens is 418 g/mol. The van der Waals surface area contributed by atoms with Gasteiger partial charge < -0.3 is 9.88 Å². The van der Waals surface area contributed by atoms with Crippen molar-refractivity contribution in [3.05, 3.63) is 72.4 Å². The lowest BCUT2D eigenvalue weighted by molar-refractivity contribution is 0.0942. The number of nitrogens with one attached hydrogen (secondary N) is 1. The maximum atomic E-state index is 12.9. The summed E-state index contributed by atoms with van der Waals surface area (Å²) < 4.78 is 27.9. The van der Waals surface area contributed by atoms with E-state index >= 15 is 0 Å². The summed E-state index contributed by atoms with van der Waals surface area (Å²) in [6.07, 6.45) is 3.73. The largest absolute Gasteiger partial charge is 0.347 e. The monoisotopic (exact) mass is 443 g/mol. The Morgan fingerprint density at radius 3 is 2.47 bits per heavy atom. The van der Waals surface area contributed by atoms with Gasteiger partial charge in [-0.05, 0) is 48.2 Å². The van der Waals surface area contributed by atoms with E-state index in [1.165, 1.54) is 23.3 Å². The highest BCUT2D eigenvalue weighted by Crippen LogP contribution is 2.25. The van der Waals surface area contributed by atoms with E-state index in [1.54, 1.807) is 42.1 Å². The first-order chi connectivity index (χ1) is 14.3. The first kappa shape index (κ1) is 22.1. The maximum absolute atomic E-state index is 12.9. The van der Waals surface area contributed by atoms with Gasteiger partial charge in [-0.3, -0.25) is 4.79 Å². The van der Waals surface area contributed by atoms with Crippen LogP contribution in [0.4, 0.5) is 0 Å². The summed E-state index contributed by atoms with van der Waals surface area (Å²) in [5.41, 5.74) is 2.25. The van der Waals surface area contributed by atoms with Crippen LogP contribution in [-0.4, -0.2) is 43.5 Å². The van der Waals surface area contributed by atoms with E-state index in [1.807, 2.05) is 35.1 Å². The number of aromatic nitrogens is 1. The molecule has 0 saturated heterocycles. The second kappa shape index (κ2) is 9.07. The molecule has 30 heavy (non-hydrogen) atoms. The van der Waals surface area contributed by atoms with Gasteiger partial charge in [0.15, 0.2) is 0 Å². The Morgan fingerprint density at radius 1 is 1.17 bits per heavy atom. The van der Waals surface area contributed by atoms with Crippen molar-refractivity contribution in [2.75, 3.05) is 20.4 Å². The van der Waals surface area contributed by atoms with Gasteiger partial charge in [0.2, 0.25) is 10.0 Å². The summed E-state index contributed by atoms with van der Waals surface area (Å²) in [4.78, 5) is 14.3. The van der Waals surface area contributed by atoms with E-state index in [2.05, 4.69) is 11.9 Å². The van der Waals surface area contributed by atoms with Crippen LogP contribution in [0, 0.1) is 0 Å². The maximum Gasteiger partial charge on any atom is 0.268 e. The summed E-state index contributed by atoms with van der Waals surface area (Å²) >= 11 is 1.67. The normalized spacial score (nSPS) is 11.7. The number of sulfonamides is 1. The minimum absolute atomic E-state index is 0.191. The molecule has 1 aromatic heterocycles. The zero-order valence-electron chi connectivity index (χ0n) is 17.3. The Kier molecular flexibility index (Phi) is 6.70. The number of nitrogens with zero attached hydrogens (tertiary/aromatic N) is 2. The van der Waals surface area contributed by atoms with Gasteiger partial charge in [0.1, 0.15) is 5.69 Å². The molecule has 1 N–H and O–H groups in total. The van der Waals surface area contributed by atoms with Crippen LogP contribution in [0.5, 0.6) is 0 Å². The van der Waals surface area contributed by atoms with Crippen LogP contribution in [0.1, 0.15) is 16.1 Å². The molecule has 3 aromatic rings. The standard InChI is InChI=1S/C22H25N3O3S2/c1-5-12-25-20-11-10-19(30(27,28)24(2)3)13-17(20)14-21(25)22(26)23-15-16-6-8-18(29-4)9-7-16/h5-11,13-14H,1,12,15H2,2-4H3,(H,23,26). The van der Waals surface area contributed by atoms with Crippen molar-refractivity contribution in [1.29, 1.82) is 0 Å². The van der Waals surface area contributed by atoms with E-state index in [9.17, 15) is 13.2 Å². The van der Waals surface area contributed by atoms with E-state index in [0.717, 1.165) is 11.1 Å². The van der Waals surface area contributed by atoms with Gasteiger partial charge in [0.25, 0.3) is 5.91 Å². The number of hydrogen-bond acceptors (Lipinski definition) is 4. The van der Waals surface area contributed by atoms with E-state index in [-0.39, 0.29) is 10.8 Å². The fraction of sp³-hybridized carbons (Fsp3) is 0.227. The van der Waals surface area contributed by atoms with Gasteiger partial charge in [-0.1, -0.05) is 18.2 Å². The fourth-order valence-corrected chi connectivity index (χ4v) is 4.50. The third-order valence-corrected chi connectivity index (χ3v) is 7.36. The van der Waals surface area contributed by atoms with Crippen molar-refractivity contribution < 1.29 is 13.2 Å². The van der Waals surface area contributed by atoms with Crippen molar-refractivity contribution >= 4 is 38.6 Å². The number of thioether (sulfide) groups is 1. The van der Waals surface area contributed by atoms with Crippen LogP contribution >= 0.6 is 11.8 Å². The van der Waals surface area contributed by atoms with E-state index < -0.39 is 10.0 Å². The summed E-state index contributed by atoms with van der Waals surface area (Å²) in [6.45, 7) is 4.62. The highest BCUT2D eigenvalue weighted by atomic mass is 32.2. The lowest BCUT2D eigenvalue weighted by atomic mass is 10.2. The summed E-state index contributed by atoms with van der Waals surface area (Å²) in [6, 6.07) is 14.6. The average molecular weight is 444 g/mol. The Hall–Kier alpha value is -2.55. The minimum Gasteiger partial charge on any atom is -0.347 e. The number of benzene rings is 2. The first-order valence-corrected chi connectivity index (χ1v) is 12.0. The van der Waals surface area contributed by atoms with Crippen LogP contribution in [0.15, 0.2) is 71.0 Å². The molecule has 0 saturated carbocycles. The van der Waals surface area contributed by atoms with Crippen molar-refractivity contribution in [2.45, 2.75) is 22.9 Å². The molecule has 3 rings (SSSR count). The van der Waals surface area contributed by atoms with Crippen molar-refractivity contribution in [1.82, 2.24) is 14.2 Å². The van der Waals surface area contributed by atoms with Gasteiger partial charge in [0.05, 0.1) is 4.90 Å². The van der Waals surface area contributed by atoms with Gasteiger partial charge in [0, 0.05) is 43.0 Å². The molecule has 6 nitrogen and oxygen atoms in total. The smallest absolute Gasteiger partial charge is 0.268 e. The summed E-state index contributed by atoms with van der Waals surface area (Å²) in [7, 11) is -0.569. The zero-order chi connectivity index (χ0) is 21.9. The molecular formula is C22H25N3O3S2. The van der Waals surface area contributed by atoms with E-state index in [4.69, 9.17) is 0 Å². The Bertz CT molecular complexity index is 1180. The van der Waals surface area contributed by atoms with Gasteiger partial charge in [-0.15, -0.1) is 18.3 Å². The molecule has 1 amide bonds. The molecule has 158 valence electrons.